The smallest absolute Gasteiger partial charge is 0.406 e. The van der Waals surface area contributed by atoms with Gasteiger partial charge in [0.25, 0.3) is 0 Å². The van der Waals surface area contributed by atoms with E-state index in [1.54, 1.807) is 0 Å². The standard InChI is InChI=1S/C18H15F3N2O4/c19-18(20,21)27-12-5-3-11(4-6-12)22-13(24)8-23-16(25)14-9-1-2-10(7-9)15(14)17(23)26/h1-6,9-10,14-15H,7-8H2,(H,22,24)/t9-,10+,14+,15-. The number of halogens is 3. The number of amides is 3. The third-order valence-corrected chi connectivity index (χ3v) is 5.24. The summed E-state index contributed by atoms with van der Waals surface area (Å²) in [5.74, 6) is -2.30. The van der Waals surface area contributed by atoms with E-state index < -0.39 is 24.6 Å². The van der Waals surface area contributed by atoms with Gasteiger partial charge in [-0.2, -0.15) is 0 Å². The zero-order chi connectivity index (χ0) is 19.3. The quantitative estimate of drug-likeness (QED) is 0.643. The molecular formula is C18H15F3N2O4. The van der Waals surface area contributed by atoms with Crippen molar-refractivity contribution in [2.24, 2.45) is 23.7 Å². The molecule has 1 saturated carbocycles. The minimum Gasteiger partial charge on any atom is -0.406 e. The number of benzene rings is 1. The second-order valence-corrected chi connectivity index (χ2v) is 6.88. The predicted octanol–water partition coefficient (Wildman–Crippen LogP) is 2.33. The minimum atomic E-state index is -4.80. The summed E-state index contributed by atoms with van der Waals surface area (Å²) in [6, 6.07) is 4.60. The highest BCUT2D eigenvalue weighted by atomic mass is 19.4. The zero-order valence-corrected chi connectivity index (χ0v) is 13.9. The van der Waals surface area contributed by atoms with Gasteiger partial charge in [-0.25, -0.2) is 0 Å². The van der Waals surface area contributed by atoms with Crippen molar-refractivity contribution in [1.29, 1.82) is 0 Å². The number of rotatable bonds is 4. The molecule has 6 nitrogen and oxygen atoms in total. The second kappa shape index (κ2) is 6.11. The van der Waals surface area contributed by atoms with Gasteiger partial charge < -0.3 is 10.1 Å². The van der Waals surface area contributed by atoms with Crippen molar-refractivity contribution in [3.8, 4) is 5.75 Å². The van der Waals surface area contributed by atoms with Crippen molar-refractivity contribution in [3.63, 3.8) is 0 Å². The van der Waals surface area contributed by atoms with Gasteiger partial charge in [0.05, 0.1) is 11.8 Å². The van der Waals surface area contributed by atoms with E-state index in [0.29, 0.717) is 0 Å². The van der Waals surface area contributed by atoms with Crippen molar-refractivity contribution < 1.29 is 32.3 Å². The first-order valence-electron chi connectivity index (χ1n) is 8.42. The summed E-state index contributed by atoms with van der Waals surface area (Å²) in [6.07, 6.45) is -0.0664. The molecule has 1 N–H and O–H groups in total. The van der Waals surface area contributed by atoms with Gasteiger partial charge in [-0.15, -0.1) is 13.2 Å². The number of imide groups is 1. The van der Waals surface area contributed by atoms with E-state index in [1.807, 2.05) is 12.2 Å². The fourth-order valence-corrected chi connectivity index (χ4v) is 4.20. The molecule has 1 aliphatic heterocycles. The Kier molecular flexibility index (Phi) is 3.97. The lowest BCUT2D eigenvalue weighted by molar-refractivity contribution is -0.274. The molecule has 2 bridgehead atoms. The van der Waals surface area contributed by atoms with E-state index in [2.05, 4.69) is 10.1 Å². The summed E-state index contributed by atoms with van der Waals surface area (Å²) >= 11 is 0. The highest BCUT2D eigenvalue weighted by molar-refractivity contribution is 6.09. The third kappa shape index (κ3) is 3.17. The Morgan fingerprint density at radius 1 is 1.07 bits per heavy atom. The van der Waals surface area contributed by atoms with Crippen LogP contribution in [0.1, 0.15) is 6.42 Å². The van der Waals surface area contributed by atoms with Crippen molar-refractivity contribution in [2.45, 2.75) is 12.8 Å². The number of alkyl halides is 3. The second-order valence-electron chi connectivity index (χ2n) is 6.88. The fourth-order valence-electron chi connectivity index (χ4n) is 4.20. The Balaban J connectivity index is 1.37. The minimum absolute atomic E-state index is 0.0608. The van der Waals surface area contributed by atoms with Crippen LogP contribution in [0.4, 0.5) is 18.9 Å². The molecule has 0 unspecified atom stereocenters. The lowest BCUT2D eigenvalue weighted by Crippen LogP contribution is -2.39. The van der Waals surface area contributed by atoms with Crippen LogP contribution in [0.25, 0.3) is 0 Å². The van der Waals surface area contributed by atoms with Gasteiger partial charge >= 0.3 is 6.36 Å². The molecule has 3 amide bonds. The summed E-state index contributed by atoms with van der Waals surface area (Å²) in [4.78, 5) is 38.2. The lowest BCUT2D eigenvalue weighted by atomic mass is 9.85. The number of carbonyl (C=O) groups excluding carboxylic acids is 3. The molecule has 2 aliphatic carbocycles. The van der Waals surface area contributed by atoms with Crippen LogP contribution in [0.2, 0.25) is 0 Å². The van der Waals surface area contributed by atoms with Gasteiger partial charge in [-0.1, -0.05) is 12.2 Å². The van der Waals surface area contributed by atoms with Crippen LogP contribution in [0.5, 0.6) is 5.75 Å². The number of carbonyl (C=O) groups is 3. The molecule has 3 aliphatic rings. The summed E-state index contributed by atoms with van der Waals surface area (Å²) in [5.41, 5.74) is 0.232. The van der Waals surface area contributed by atoms with Crippen LogP contribution in [0, 0.1) is 23.7 Å². The molecule has 2 fully saturated rings. The Labute approximate surface area is 152 Å². The Morgan fingerprint density at radius 3 is 2.15 bits per heavy atom. The third-order valence-electron chi connectivity index (χ3n) is 5.24. The fraction of sp³-hybridized carbons (Fsp3) is 0.389. The average molecular weight is 380 g/mol. The maximum absolute atomic E-state index is 12.5. The number of anilines is 1. The van der Waals surface area contributed by atoms with Crippen LogP contribution in [0.15, 0.2) is 36.4 Å². The van der Waals surface area contributed by atoms with Crippen LogP contribution in [-0.2, 0) is 14.4 Å². The molecule has 27 heavy (non-hydrogen) atoms. The molecule has 4 rings (SSSR count). The van der Waals surface area contributed by atoms with Gasteiger partial charge in [0.2, 0.25) is 17.7 Å². The maximum atomic E-state index is 12.5. The van der Waals surface area contributed by atoms with Gasteiger partial charge in [0.1, 0.15) is 12.3 Å². The molecule has 142 valence electrons. The number of ether oxygens (including phenoxy) is 1. The SMILES string of the molecule is O=C(CN1C(=O)[C@@H]2[C@H](C1=O)[C@H]1C=C[C@@H]2C1)Nc1ccc(OC(F)(F)F)cc1. The molecule has 4 atom stereocenters. The summed E-state index contributed by atoms with van der Waals surface area (Å²) in [6.45, 7) is -0.412. The van der Waals surface area contributed by atoms with E-state index in [4.69, 9.17) is 0 Å². The van der Waals surface area contributed by atoms with Crippen molar-refractivity contribution in [3.05, 3.63) is 36.4 Å². The maximum Gasteiger partial charge on any atom is 0.573 e. The van der Waals surface area contributed by atoms with E-state index >= 15 is 0 Å². The summed E-state index contributed by atoms with van der Waals surface area (Å²) < 4.78 is 40.2. The lowest BCUT2D eigenvalue weighted by Gasteiger charge is -2.17. The van der Waals surface area contributed by atoms with Crippen LogP contribution >= 0.6 is 0 Å². The monoisotopic (exact) mass is 380 g/mol. The molecule has 1 heterocycles. The van der Waals surface area contributed by atoms with Crippen molar-refractivity contribution >= 4 is 23.4 Å². The Hall–Kier alpha value is -2.84. The molecule has 0 radical (unpaired) electrons. The van der Waals surface area contributed by atoms with Gasteiger partial charge in [0.15, 0.2) is 0 Å². The topological polar surface area (TPSA) is 75.7 Å². The molecule has 1 aromatic carbocycles. The molecule has 9 heteroatoms. The first kappa shape index (κ1) is 17.6. The van der Waals surface area contributed by atoms with E-state index in [-0.39, 0.29) is 41.2 Å². The number of nitrogens with one attached hydrogen (secondary N) is 1. The number of hydrogen-bond donors (Lipinski definition) is 1. The van der Waals surface area contributed by atoms with Crippen molar-refractivity contribution in [2.75, 3.05) is 11.9 Å². The van der Waals surface area contributed by atoms with Crippen LogP contribution in [-0.4, -0.2) is 35.5 Å². The highest BCUT2D eigenvalue weighted by Crippen LogP contribution is 2.52. The van der Waals surface area contributed by atoms with E-state index in [1.165, 1.54) is 12.1 Å². The molecule has 0 aromatic heterocycles. The molecular weight excluding hydrogens is 365 g/mol. The first-order chi connectivity index (χ1) is 12.7. The van der Waals surface area contributed by atoms with Crippen LogP contribution in [0.3, 0.4) is 0 Å². The Bertz CT molecular complexity index is 804. The van der Waals surface area contributed by atoms with E-state index in [0.717, 1.165) is 23.5 Å². The van der Waals surface area contributed by atoms with Gasteiger partial charge in [0, 0.05) is 5.69 Å². The normalized spacial score (nSPS) is 28.6. The van der Waals surface area contributed by atoms with E-state index in [9.17, 15) is 27.6 Å². The average Bonchev–Trinajstić information content (AvgIpc) is 3.25. The number of hydrogen-bond acceptors (Lipinski definition) is 4. The summed E-state index contributed by atoms with van der Waals surface area (Å²) in [5, 5.41) is 2.47. The predicted molar refractivity (Wildman–Crippen MR) is 86.2 cm³/mol. The molecule has 1 aromatic rings. The largest absolute Gasteiger partial charge is 0.573 e. The Morgan fingerprint density at radius 2 is 1.63 bits per heavy atom. The number of allylic oxidation sites excluding steroid dienone is 2. The van der Waals surface area contributed by atoms with Crippen LogP contribution < -0.4 is 10.1 Å². The number of fused-ring (bicyclic) bond motifs is 5. The first-order valence-corrected chi connectivity index (χ1v) is 8.42. The number of nitrogens with zero attached hydrogens (tertiary/aromatic N) is 1. The highest BCUT2D eigenvalue weighted by Gasteiger charge is 2.59. The van der Waals surface area contributed by atoms with Gasteiger partial charge in [-0.3, -0.25) is 19.3 Å². The molecule has 0 spiro atoms. The summed E-state index contributed by atoms with van der Waals surface area (Å²) in [7, 11) is 0. The molecule has 1 saturated heterocycles. The van der Waals surface area contributed by atoms with Gasteiger partial charge in [-0.05, 0) is 42.5 Å². The zero-order valence-electron chi connectivity index (χ0n) is 13.9. The van der Waals surface area contributed by atoms with Crippen molar-refractivity contribution in [1.82, 2.24) is 4.90 Å². The number of likely N-dealkylation sites (tertiary alicyclic amines) is 1.